The van der Waals surface area contributed by atoms with Gasteiger partial charge >= 0.3 is 0 Å². The number of benzene rings is 2. The van der Waals surface area contributed by atoms with Gasteiger partial charge in [-0.15, -0.1) is 0 Å². The molecule has 35 heavy (non-hydrogen) atoms. The molecule has 0 fully saturated rings. The highest BCUT2D eigenvalue weighted by Gasteiger charge is 2.25. The van der Waals surface area contributed by atoms with Crippen molar-refractivity contribution >= 4 is 0 Å². The monoisotopic (exact) mass is 479 g/mol. The molecule has 6 heteroatoms. The molecule has 1 N–H and O–H groups in total. The van der Waals surface area contributed by atoms with Gasteiger partial charge < -0.3 is 14.6 Å². The van der Waals surface area contributed by atoms with Gasteiger partial charge in [-0.25, -0.2) is 4.68 Å². The molecule has 0 bridgehead atoms. The van der Waals surface area contributed by atoms with Gasteiger partial charge in [0.1, 0.15) is 5.75 Å². The van der Waals surface area contributed by atoms with Crippen LogP contribution in [-0.4, -0.2) is 50.7 Å². The summed E-state index contributed by atoms with van der Waals surface area (Å²) in [4.78, 5) is 2.29. The second-order valence-electron chi connectivity index (χ2n) is 10.3. The third-order valence-electron chi connectivity index (χ3n) is 6.07. The van der Waals surface area contributed by atoms with Crippen molar-refractivity contribution < 1.29 is 14.6 Å². The Morgan fingerprint density at radius 2 is 1.77 bits per heavy atom. The van der Waals surface area contributed by atoms with Crippen LogP contribution in [0.2, 0.25) is 0 Å². The zero-order valence-electron chi connectivity index (χ0n) is 22.3. The molecule has 1 aromatic heterocycles. The van der Waals surface area contributed by atoms with E-state index in [9.17, 15) is 5.11 Å². The zero-order chi connectivity index (χ0) is 25.6. The standard InChI is InChI=1S/C29H41N3O3/c1-8-22(3)31(18-25(33)20-34-29(5,6)7)19-27-23(4)30-32(24-14-10-9-11-15-24)28(27)35-26-16-12-13-21(2)17-26/h9-17,22,25,33H,8,18-20H2,1-7H3/t22-,25-/m1/s1. The van der Waals surface area contributed by atoms with Crippen molar-refractivity contribution in [1.29, 1.82) is 0 Å². The van der Waals surface area contributed by atoms with Gasteiger partial charge in [-0.05, 0) is 77.8 Å². The van der Waals surface area contributed by atoms with E-state index in [1.807, 2.05) is 80.9 Å². The maximum atomic E-state index is 10.8. The summed E-state index contributed by atoms with van der Waals surface area (Å²) in [6.45, 7) is 15.9. The lowest BCUT2D eigenvalue weighted by atomic mass is 10.1. The van der Waals surface area contributed by atoms with E-state index < -0.39 is 6.10 Å². The Bertz CT molecular complexity index is 1070. The maximum Gasteiger partial charge on any atom is 0.227 e. The highest BCUT2D eigenvalue weighted by molar-refractivity contribution is 5.43. The number of hydrogen-bond donors (Lipinski definition) is 1. The van der Waals surface area contributed by atoms with Gasteiger partial charge in [-0.2, -0.15) is 5.10 Å². The molecule has 0 aliphatic carbocycles. The molecule has 0 spiro atoms. The first-order chi connectivity index (χ1) is 16.6. The zero-order valence-corrected chi connectivity index (χ0v) is 22.3. The van der Waals surface area contributed by atoms with Gasteiger partial charge in [-0.3, -0.25) is 4.90 Å². The van der Waals surface area contributed by atoms with Crippen LogP contribution >= 0.6 is 0 Å². The number of rotatable bonds is 11. The molecule has 3 rings (SSSR count). The van der Waals surface area contributed by atoms with E-state index in [1.54, 1.807) is 0 Å². The quantitative estimate of drug-likeness (QED) is 0.362. The van der Waals surface area contributed by atoms with Gasteiger partial charge in [0, 0.05) is 19.1 Å². The first kappa shape index (κ1) is 26.9. The minimum Gasteiger partial charge on any atom is -0.439 e. The normalized spacial score (nSPS) is 13.7. The van der Waals surface area contributed by atoms with Crippen molar-refractivity contribution in [2.45, 2.75) is 79.2 Å². The Labute approximate surface area is 210 Å². The number of hydrogen-bond acceptors (Lipinski definition) is 5. The van der Waals surface area contributed by atoms with Crippen molar-refractivity contribution in [3.05, 3.63) is 71.4 Å². The molecule has 0 saturated carbocycles. The fourth-order valence-corrected chi connectivity index (χ4v) is 3.89. The molecular formula is C29H41N3O3. The Balaban J connectivity index is 1.95. The van der Waals surface area contributed by atoms with Crippen molar-refractivity contribution in [3.63, 3.8) is 0 Å². The van der Waals surface area contributed by atoms with Crippen LogP contribution in [-0.2, 0) is 11.3 Å². The fourth-order valence-electron chi connectivity index (χ4n) is 3.89. The van der Waals surface area contributed by atoms with Crippen LogP contribution in [0.5, 0.6) is 11.6 Å². The number of aryl methyl sites for hydroxylation is 2. The lowest BCUT2D eigenvalue weighted by molar-refractivity contribution is -0.0593. The van der Waals surface area contributed by atoms with E-state index in [-0.39, 0.29) is 11.6 Å². The van der Waals surface area contributed by atoms with Gasteiger partial charge in [-0.1, -0.05) is 37.3 Å². The smallest absolute Gasteiger partial charge is 0.227 e. The van der Waals surface area contributed by atoms with Gasteiger partial charge in [0.15, 0.2) is 0 Å². The van der Waals surface area contributed by atoms with E-state index in [0.717, 1.165) is 34.7 Å². The number of ether oxygens (including phenoxy) is 2. The molecule has 1 heterocycles. The highest BCUT2D eigenvalue weighted by atomic mass is 16.5. The van der Waals surface area contributed by atoms with Gasteiger partial charge in [0.25, 0.3) is 0 Å². The van der Waals surface area contributed by atoms with Crippen LogP contribution in [0.3, 0.4) is 0 Å². The van der Waals surface area contributed by atoms with Crippen molar-refractivity contribution in [3.8, 4) is 17.3 Å². The Morgan fingerprint density at radius 3 is 2.40 bits per heavy atom. The van der Waals surface area contributed by atoms with Crippen LogP contribution in [0.4, 0.5) is 0 Å². The number of nitrogens with zero attached hydrogens (tertiary/aromatic N) is 3. The van der Waals surface area contributed by atoms with Gasteiger partial charge in [0.05, 0.1) is 35.3 Å². The summed E-state index contributed by atoms with van der Waals surface area (Å²) in [6.07, 6.45) is 0.376. The summed E-state index contributed by atoms with van der Waals surface area (Å²) in [6, 6.07) is 18.4. The second-order valence-corrected chi connectivity index (χ2v) is 10.3. The first-order valence-corrected chi connectivity index (χ1v) is 12.5. The average molecular weight is 480 g/mol. The molecule has 2 aromatic carbocycles. The minimum absolute atomic E-state index is 0.269. The van der Waals surface area contributed by atoms with E-state index in [4.69, 9.17) is 14.6 Å². The van der Waals surface area contributed by atoms with Crippen molar-refractivity contribution in [2.24, 2.45) is 0 Å². The molecule has 0 unspecified atom stereocenters. The molecule has 0 amide bonds. The SMILES string of the molecule is CC[C@@H](C)N(Cc1c(C)nn(-c2ccccc2)c1Oc1cccc(C)c1)C[C@@H](O)COC(C)(C)C. The largest absolute Gasteiger partial charge is 0.439 e. The summed E-state index contributed by atoms with van der Waals surface area (Å²) in [5.41, 5.74) is 3.71. The molecule has 0 saturated heterocycles. The number of aliphatic hydroxyl groups is 1. The van der Waals surface area contributed by atoms with Crippen LogP contribution in [0.1, 0.15) is 57.9 Å². The Kier molecular flexibility index (Phi) is 9.11. The van der Waals surface area contributed by atoms with Crippen LogP contribution in [0.15, 0.2) is 54.6 Å². The molecule has 3 aromatic rings. The fraction of sp³-hybridized carbons (Fsp3) is 0.483. The topological polar surface area (TPSA) is 59.8 Å². The average Bonchev–Trinajstić information content (AvgIpc) is 3.11. The van der Waals surface area contributed by atoms with Crippen LogP contribution in [0, 0.1) is 13.8 Å². The molecule has 190 valence electrons. The van der Waals surface area contributed by atoms with Crippen LogP contribution in [0.25, 0.3) is 5.69 Å². The number of para-hydroxylation sites is 1. The van der Waals surface area contributed by atoms with E-state index in [2.05, 4.69) is 31.7 Å². The number of aromatic nitrogens is 2. The minimum atomic E-state index is -0.589. The van der Waals surface area contributed by atoms with E-state index in [1.165, 1.54) is 0 Å². The number of aliphatic hydroxyl groups excluding tert-OH is 1. The highest BCUT2D eigenvalue weighted by Crippen LogP contribution is 2.32. The summed E-state index contributed by atoms with van der Waals surface area (Å²) < 4.78 is 14.2. The first-order valence-electron chi connectivity index (χ1n) is 12.5. The third kappa shape index (κ3) is 7.66. The van der Waals surface area contributed by atoms with Gasteiger partial charge in [0.2, 0.25) is 5.88 Å². The molecule has 2 atom stereocenters. The van der Waals surface area contributed by atoms with Crippen molar-refractivity contribution in [2.75, 3.05) is 13.2 Å². The molecule has 0 radical (unpaired) electrons. The molecule has 6 nitrogen and oxygen atoms in total. The third-order valence-corrected chi connectivity index (χ3v) is 6.07. The summed E-state index contributed by atoms with van der Waals surface area (Å²) in [5, 5.41) is 15.6. The summed E-state index contributed by atoms with van der Waals surface area (Å²) in [5.74, 6) is 1.48. The van der Waals surface area contributed by atoms with E-state index in [0.29, 0.717) is 25.6 Å². The lowest BCUT2D eigenvalue weighted by Crippen LogP contribution is -2.41. The van der Waals surface area contributed by atoms with Crippen molar-refractivity contribution in [1.82, 2.24) is 14.7 Å². The summed E-state index contributed by atoms with van der Waals surface area (Å²) >= 11 is 0. The second kappa shape index (κ2) is 11.8. The van der Waals surface area contributed by atoms with E-state index >= 15 is 0 Å². The predicted molar refractivity (Wildman–Crippen MR) is 141 cm³/mol. The lowest BCUT2D eigenvalue weighted by Gasteiger charge is -2.31. The van der Waals surface area contributed by atoms with Crippen LogP contribution < -0.4 is 4.74 Å². The molecule has 0 aliphatic rings. The Hall–Kier alpha value is -2.67. The maximum absolute atomic E-state index is 10.8. The summed E-state index contributed by atoms with van der Waals surface area (Å²) in [7, 11) is 0. The molecular weight excluding hydrogens is 438 g/mol. The predicted octanol–water partition coefficient (Wildman–Crippen LogP) is 6.06. The molecule has 0 aliphatic heterocycles. The Morgan fingerprint density at radius 1 is 1.06 bits per heavy atom.